The molecule has 4 aromatic carbocycles. The van der Waals surface area contributed by atoms with Gasteiger partial charge in [0.1, 0.15) is 6.54 Å². The minimum Gasteiger partial charge on any atom is -0.339 e. The Bertz CT molecular complexity index is 1450. The highest BCUT2D eigenvalue weighted by Gasteiger charge is 2.32. The van der Waals surface area contributed by atoms with Gasteiger partial charge in [0.25, 0.3) is 10.0 Å². The van der Waals surface area contributed by atoms with Crippen LogP contribution in [0.2, 0.25) is 0 Å². The highest BCUT2D eigenvalue weighted by atomic mass is 79.9. The van der Waals surface area contributed by atoms with Crippen molar-refractivity contribution in [2.45, 2.75) is 10.9 Å². The van der Waals surface area contributed by atoms with Gasteiger partial charge in [-0.1, -0.05) is 101 Å². The minimum absolute atomic E-state index is 0.0845. The van der Waals surface area contributed by atoms with Crippen LogP contribution in [-0.4, -0.2) is 56.8 Å². The number of amides is 1. The van der Waals surface area contributed by atoms with E-state index in [1.54, 1.807) is 53.4 Å². The topological polar surface area (TPSA) is 60.9 Å². The van der Waals surface area contributed by atoms with E-state index in [0.29, 0.717) is 31.9 Å². The summed E-state index contributed by atoms with van der Waals surface area (Å²) in [6, 6.07) is 36.1. The first-order valence-electron chi connectivity index (χ1n) is 12.9. The molecule has 5 rings (SSSR count). The Labute approximate surface area is 238 Å². The van der Waals surface area contributed by atoms with E-state index in [-0.39, 0.29) is 23.4 Å². The SMILES string of the molecule is O=C(CN(c1cccc(Br)c1)S(=O)(=O)c1ccccc1)N1CCN(C(c2ccccc2)c2ccccc2)CC1. The fraction of sp³-hybridized carbons (Fsp3) is 0.194. The largest absolute Gasteiger partial charge is 0.339 e. The number of piperazine rings is 1. The molecule has 0 bridgehead atoms. The Morgan fingerprint density at radius 3 is 1.82 bits per heavy atom. The third kappa shape index (κ3) is 6.24. The molecular weight excluding hydrogens is 574 g/mol. The number of nitrogens with zero attached hydrogens (tertiary/aromatic N) is 3. The van der Waals surface area contributed by atoms with Crippen molar-refractivity contribution >= 4 is 37.5 Å². The van der Waals surface area contributed by atoms with E-state index in [1.165, 1.54) is 15.4 Å². The lowest BCUT2D eigenvalue weighted by Gasteiger charge is -2.40. The number of anilines is 1. The smallest absolute Gasteiger partial charge is 0.264 e. The summed E-state index contributed by atoms with van der Waals surface area (Å²) in [4.78, 5) is 17.9. The summed E-state index contributed by atoms with van der Waals surface area (Å²) < 4.78 is 29.2. The Hall–Kier alpha value is -3.46. The zero-order chi connectivity index (χ0) is 27.2. The van der Waals surface area contributed by atoms with Crippen molar-refractivity contribution in [3.63, 3.8) is 0 Å². The van der Waals surface area contributed by atoms with E-state index < -0.39 is 10.0 Å². The van der Waals surface area contributed by atoms with E-state index in [0.717, 1.165) is 4.47 Å². The molecule has 0 N–H and O–H groups in total. The van der Waals surface area contributed by atoms with Gasteiger partial charge in [0.2, 0.25) is 5.91 Å². The van der Waals surface area contributed by atoms with Crippen LogP contribution in [0, 0.1) is 0 Å². The van der Waals surface area contributed by atoms with Gasteiger partial charge in [0.05, 0.1) is 16.6 Å². The Kier molecular flexibility index (Phi) is 8.45. The monoisotopic (exact) mass is 603 g/mol. The van der Waals surface area contributed by atoms with E-state index in [9.17, 15) is 13.2 Å². The fourth-order valence-electron chi connectivity index (χ4n) is 5.00. The number of hydrogen-bond acceptors (Lipinski definition) is 4. The van der Waals surface area contributed by atoms with E-state index in [4.69, 9.17) is 0 Å². The fourth-order valence-corrected chi connectivity index (χ4v) is 6.82. The summed E-state index contributed by atoms with van der Waals surface area (Å²) in [5.41, 5.74) is 2.85. The molecular formula is C31H30BrN3O3S. The molecule has 1 aliphatic heterocycles. The van der Waals surface area contributed by atoms with Gasteiger partial charge in [0, 0.05) is 30.7 Å². The molecule has 0 saturated carbocycles. The lowest BCUT2D eigenvalue weighted by atomic mass is 9.96. The highest BCUT2D eigenvalue weighted by Crippen LogP contribution is 2.30. The highest BCUT2D eigenvalue weighted by molar-refractivity contribution is 9.10. The third-order valence-corrected chi connectivity index (χ3v) is 9.25. The van der Waals surface area contributed by atoms with Crippen molar-refractivity contribution in [2.75, 3.05) is 37.0 Å². The Balaban J connectivity index is 1.34. The summed E-state index contributed by atoms with van der Waals surface area (Å²) in [5.74, 6) is -0.217. The van der Waals surface area contributed by atoms with Crippen molar-refractivity contribution in [2.24, 2.45) is 0 Å². The van der Waals surface area contributed by atoms with Crippen LogP contribution in [0.25, 0.3) is 0 Å². The number of rotatable bonds is 8. The molecule has 0 unspecified atom stereocenters. The summed E-state index contributed by atoms with van der Waals surface area (Å²) >= 11 is 3.43. The maximum absolute atomic E-state index is 13.6. The number of sulfonamides is 1. The van der Waals surface area contributed by atoms with Crippen LogP contribution in [0.4, 0.5) is 5.69 Å². The molecule has 0 aliphatic carbocycles. The molecule has 1 heterocycles. The quantitative estimate of drug-likeness (QED) is 0.264. The second-order valence-electron chi connectivity index (χ2n) is 9.45. The van der Waals surface area contributed by atoms with Crippen molar-refractivity contribution < 1.29 is 13.2 Å². The van der Waals surface area contributed by atoms with Gasteiger partial charge in [-0.15, -0.1) is 0 Å². The molecule has 4 aromatic rings. The first kappa shape index (κ1) is 27.1. The predicted octanol–water partition coefficient (Wildman–Crippen LogP) is 5.58. The summed E-state index contributed by atoms with van der Waals surface area (Å²) in [6.07, 6.45) is 0. The zero-order valence-corrected chi connectivity index (χ0v) is 23.8. The molecule has 0 radical (unpaired) electrons. The molecule has 1 fully saturated rings. The van der Waals surface area contributed by atoms with E-state index in [1.807, 2.05) is 18.2 Å². The normalized spacial score (nSPS) is 14.4. The van der Waals surface area contributed by atoms with Gasteiger partial charge >= 0.3 is 0 Å². The van der Waals surface area contributed by atoms with E-state index >= 15 is 0 Å². The van der Waals surface area contributed by atoms with Crippen molar-refractivity contribution in [3.8, 4) is 0 Å². The van der Waals surface area contributed by atoms with Gasteiger partial charge in [-0.2, -0.15) is 0 Å². The first-order valence-corrected chi connectivity index (χ1v) is 15.1. The molecule has 0 atom stereocenters. The summed E-state index contributed by atoms with van der Waals surface area (Å²) in [5, 5.41) is 0. The maximum Gasteiger partial charge on any atom is 0.264 e. The second-order valence-corrected chi connectivity index (χ2v) is 12.2. The van der Waals surface area contributed by atoms with Crippen molar-refractivity contribution in [1.82, 2.24) is 9.80 Å². The molecule has 0 aromatic heterocycles. The molecule has 0 spiro atoms. The van der Waals surface area contributed by atoms with Crippen LogP contribution in [0.5, 0.6) is 0 Å². The van der Waals surface area contributed by atoms with Crippen LogP contribution >= 0.6 is 15.9 Å². The van der Waals surface area contributed by atoms with Crippen molar-refractivity contribution in [1.29, 1.82) is 0 Å². The van der Waals surface area contributed by atoms with Crippen molar-refractivity contribution in [3.05, 3.63) is 131 Å². The number of carbonyl (C=O) groups excluding carboxylic acids is 1. The minimum atomic E-state index is -3.95. The van der Waals surface area contributed by atoms with Crippen LogP contribution in [-0.2, 0) is 14.8 Å². The Morgan fingerprint density at radius 1 is 0.744 bits per heavy atom. The van der Waals surface area contributed by atoms with Crippen LogP contribution in [0.1, 0.15) is 17.2 Å². The zero-order valence-electron chi connectivity index (χ0n) is 21.4. The van der Waals surface area contributed by atoms with Gasteiger partial charge in [-0.25, -0.2) is 8.42 Å². The second kappa shape index (κ2) is 12.2. The predicted molar refractivity (Wildman–Crippen MR) is 158 cm³/mol. The van der Waals surface area contributed by atoms with Gasteiger partial charge < -0.3 is 4.90 Å². The average molecular weight is 605 g/mol. The molecule has 1 saturated heterocycles. The van der Waals surface area contributed by atoms with Crippen LogP contribution in [0.3, 0.4) is 0 Å². The molecule has 8 heteroatoms. The van der Waals surface area contributed by atoms with Crippen LogP contribution < -0.4 is 4.31 Å². The summed E-state index contributed by atoms with van der Waals surface area (Å²) in [6.45, 7) is 2.14. The van der Waals surface area contributed by atoms with Gasteiger partial charge in [0.15, 0.2) is 0 Å². The molecule has 1 aliphatic rings. The molecule has 6 nitrogen and oxygen atoms in total. The molecule has 1 amide bonds. The van der Waals surface area contributed by atoms with Crippen LogP contribution in [0.15, 0.2) is 125 Å². The standard InChI is InChI=1S/C31H30BrN3O3S/c32-27-15-10-16-28(23-27)35(39(37,38)29-17-8-3-9-18-29)24-30(36)33-19-21-34(22-20-33)31(25-11-4-1-5-12-25)26-13-6-2-7-14-26/h1-18,23,31H,19-22,24H2. The lowest BCUT2D eigenvalue weighted by molar-refractivity contribution is -0.131. The average Bonchev–Trinajstić information content (AvgIpc) is 2.98. The maximum atomic E-state index is 13.6. The lowest BCUT2D eigenvalue weighted by Crippen LogP contribution is -2.52. The molecule has 39 heavy (non-hydrogen) atoms. The number of halogens is 1. The first-order chi connectivity index (χ1) is 18.9. The number of carbonyl (C=O) groups is 1. The number of hydrogen-bond donors (Lipinski definition) is 0. The Morgan fingerprint density at radius 2 is 1.28 bits per heavy atom. The van der Waals surface area contributed by atoms with Gasteiger partial charge in [-0.3, -0.25) is 14.0 Å². The molecule has 200 valence electrons. The number of benzene rings is 4. The van der Waals surface area contributed by atoms with Gasteiger partial charge in [-0.05, 0) is 41.5 Å². The van der Waals surface area contributed by atoms with E-state index in [2.05, 4.69) is 69.4 Å². The summed E-state index contributed by atoms with van der Waals surface area (Å²) in [7, 11) is -3.95. The third-order valence-electron chi connectivity index (χ3n) is 6.97.